The van der Waals surface area contributed by atoms with Crippen LogP contribution in [0.5, 0.6) is 0 Å². The van der Waals surface area contributed by atoms with Crippen molar-refractivity contribution in [2.45, 2.75) is 58.8 Å². The van der Waals surface area contributed by atoms with Crippen LogP contribution in [0, 0.1) is 0 Å². The Bertz CT molecular complexity index is 242. The van der Waals surface area contributed by atoms with Gasteiger partial charge in [0.1, 0.15) is 6.26 Å². The molecule has 2 heteroatoms. The summed E-state index contributed by atoms with van der Waals surface area (Å²) in [5, 5.41) is 0. The zero-order chi connectivity index (χ0) is 10.2. The lowest BCUT2D eigenvalue weighted by Gasteiger charge is -1.95. The molecule has 1 rings (SSSR count). The molecule has 1 aromatic heterocycles. The van der Waals surface area contributed by atoms with Crippen LogP contribution in [0.15, 0.2) is 10.7 Å². The fourth-order valence-corrected chi connectivity index (χ4v) is 1.53. The molecule has 0 bridgehead atoms. The Morgan fingerprint density at radius 2 is 1.93 bits per heavy atom. The highest BCUT2D eigenvalue weighted by Gasteiger charge is 2.01. The smallest absolute Gasteiger partial charge is 0.194 e. The van der Waals surface area contributed by atoms with Gasteiger partial charge in [0.2, 0.25) is 0 Å². The minimum Gasteiger partial charge on any atom is -0.449 e. The van der Waals surface area contributed by atoms with Gasteiger partial charge >= 0.3 is 0 Å². The lowest BCUT2D eigenvalue weighted by molar-refractivity contribution is 0.491. The van der Waals surface area contributed by atoms with E-state index in [1.807, 2.05) is 6.26 Å². The molecular weight excluding hydrogens is 174 g/mol. The van der Waals surface area contributed by atoms with Gasteiger partial charge in [0, 0.05) is 6.42 Å². The van der Waals surface area contributed by atoms with Gasteiger partial charge in [-0.25, -0.2) is 4.98 Å². The molecular formula is C12H21NO. The summed E-state index contributed by atoms with van der Waals surface area (Å²) < 4.78 is 5.35. The van der Waals surface area contributed by atoms with Gasteiger partial charge in [-0.3, -0.25) is 0 Å². The number of hydrogen-bond acceptors (Lipinski definition) is 2. The number of hydrogen-bond donors (Lipinski definition) is 0. The second-order valence-electron chi connectivity index (χ2n) is 3.79. The molecule has 0 unspecified atom stereocenters. The minimum atomic E-state index is 0.901. The fourth-order valence-electron chi connectivity index (χ4n) is 1.53. The van der Waals surface area contributed by atoms with E-state index < -0.39 is 0 Å². The van der Waals surface area contributed by atoms with E-state index in [2.05, 4.69) is 18.8 Å². The highest BCUT2D eigenvalue weighted by molar-refractivity contribution is 4.96. The Labute approximate surface area is 86.7 Å². The molecule has 0 atom stereocenters. The van der Waals surface area contributed by atoms with E-state index in [4.69, 9.17) is 4.42 Å². The van der Waals surface area contributed by atoms with Crippen LogP contribution >= 0.6 is 0 Å². The van der Waals surface area contributed by atoms with E-state index in [0.29, 0.717) is 0 Å². The van der Waals surface area contributed by atoms with Crippen molar-refractivity contribution in [1.82, 2.24) is 4.98 Å². The van der Waals surface area contributed by atoms with Crippen LogP contribution in [0.3, 0.4) is 0 Å². The molecule has 1 aromatic rings. The van der Waals surface area contributed by atoms with Crippen molar-refractivity contribution in [1.29, 1.82) is 0 Å². The molecule has 0 radical (unpaired) electrons. The maximum Gasteiger partial charge on any atom is 0.194 e. The number of nitrogens with zero attached hydrogens (tertiary/aromatic N) is 1. The lowest BCUT2D eigenvalue weighted by atomic mass is 10.1. The Kier molecular flexibility index (Phi) is 5.35. The topological polar surface area (TPSA) is 26.0 Å². The summed E-state index contributed by atoms with van der Waals surface area (Å²) in [6, 6.07) is 0. The number of aromatic nitrogens is 1. The zero-order valence-electron chi connectivity index (χ0n) is 9.38. The van der Waals surface area contributed by atoms with E-state index in [0.717, 1.165) is 30.8 Å². The van der Waals surface area contributed by atoms with E-state index in [1.165, 1.54) is 25.7 Å². The SMILES string of the molecule is CCCCCCc1coc(CCC)n1. The highest BCUT2D eigenvalue weighted by atomic mass is 16.3. The first-order valence-electron chi connectivity index (χ1n) is 5.80. The van der Waals surface area contributed by atoms with Crippen molar-refractivity contribution in [3.05, 3.63) is 17.8 Å². The predicted octanol–water partition coefficient (Wildman–Crippen LogP) is 3.75. The Balaban J connectivity index is 2.22. The van der Waals surface area contributed by atoms with Gasteiger partial charge in [-0.05, 0) is 19.3 Å². The molecule has 80 valence electrons. The molecule has 14 heavy (non-hydrogen) atoms. The standard InChI is InChI=1S/C12H21NO/c1-3-5-6-7-9-11-10-14-12(13-11)8-4-2/h10H,3-9H2,1-2H3. The highest BCUT2D eigenvalue weighted by Crippen LogP contribution is 2.09. The molecule has 0 aliphatic rings. The summed E-state index contributed by atoms with van der Waals surface area (Å²) >= 11 is 0. The third-order valence-corrected chi connectivity index (χ3v) is 2.35. The summed E-state index contributed by atoms with van der Waals surface area (Å²) in [6.07, 6.45) is 10.1. The average molecular weight is 195 g/mol. The van der Waals surface area contributed by atoms with E-state index in [1.54, 1.807) is 0 Å². The van der Waals surface area contributed by atoms with Gasteiger partial charge in [-0.1, -0.05) is 33.1 Å². The molecule has 0 aliphatic heterocycles. The molecule has 0 spiro atoms. The van der Waals surface area contributed by atoms with Crippen molar-refractivity contribution in [2.75, 3.05) is 0 Å². The first-order valence-corrected chi connectivity index (χ1v) is 5.80. The van der Waals surface area contributed by atoms with Gasteiger partial charge in [-0.15, -0.1) is 0 Å². The van der Waals surface area contributed by atoms with Crippen LogP contribution in [-0.4, -0.2) is 4.98 Å². The molecule has 0 saturated carbocycles. The molecule has 1 heterocycles. The van der Waals surface area contributed by atoms with Crippen LogP contribution in [0.25, 0.3) is 0 Å². The predicted molar refractivity (Wildman–Crippen MR) is 58.3 cm³/mol. The van der Waals surface area contributed by atoms with E-state index in [9.17, 15) is 0 Å². The van der Waals surface area contributed by atoms with Gasteiger partial charge < -0.3 is 4.42 Å². The normalized spacial score (nSPS) is 10.7. The lowest BCUT2D eigenvalue weighted by Crippen LogP contribution is -1.88. The maximum absolute atomic E-state index is 5.35. The first-order chi connectivity index (χ1) is 6.86. The monoisotopic (exact) mass is 195 g/mol. The first kappa shape index (κ1) is 11.3. The summed E-state index contributed by atoms with van der Waals surface area (Å²) in [5.74, 6) is 0.901. The van der Waals surface area contributed by atoms with Crippen molar-refractivity contribution >= 4 is 0 Å². The molecule has 0 fully saturated rings. The number of unbranched alkanes of at least 4 members (excludes halogenated alkanes) is 3. The average Bonchev–Trinajstić information content (AvgIpc) is 2.61. The second kappa shape index (κ2) is 6.63. The van der Waals surface area contributed by atoms with Crippen molar-refractivity contribution in [2.24, 2.45) is 0 Å². The summed E-state index contributed by atoms with van der Waals surface area (Å²) in [5.41, 5.74) is 1.13. The van der Waals surface area contributed by atoms with Gasteiger partial charge in [-0.2, -0.15) is 0 Å². The quantitative estimate of drug-likeness (QED) is 0.619. The molecule has 0 saturated heterocycles. The summed E-state index contributed by atoms with van der Waals surface area (Å²) in [4.78, 5) is 4.43. The van der Waals surface area contributed by atoms with Crippen molar-refractivity contribution in [3.8, 4) is 0 Å². The van der Waals surface area contributed by atoms with Gasteiger partial charge in [0.05, 0.1) is 5.69 Å². The van der Waals surface area contributed by atoms with Crippen molar-refractivity contribution < 1.29 is 4.42 Å². The number of oxazole rings is 1. The third kappa shape index (κ3) is 3.95. The maximum atomic E-state index is 5.35. The molecule has 0 amide bonds. The summed E-state index contributed by atoms with van der Waals surface area (Å²) in [6.45, 7) is 4.38. The van der Waals surface area contributed by atoms with Gasteiger partial charge in [0.15, 0.2) is 5.89 Å². The fraction of sp³-hybridized carbons (Fsp3) is 0.750. The third-order valence-electron chi connectivity index (χ3n) is 2.35. The van der Waals surface area contributed by atoms with Crippen molar-refractivity contribution in [3.63, 3.8) is 0 Å². The van der Waals surface area contributed by atoms with E-state index in [-0.39, 0.29) is 0 Å². The number of rotatable bonds is 7. The van der Waals surface area contributed by atoms with Crippen LogP contribution < -0.4 is 0 Å². The van der Waals surface area contributed by atoms with Crippen LogP contribution in [-0.2, 0) is 12.8 Å². The molecule has 0 N–H and O–H groups in total. The Morgan fingerprint density at radius 3 is 2.64 bits per heavy atom. The Hall–Kier alpha value is -0.790. The van der Waals surface area contributed by atoms with E-state index >= 15 is 0 Å². The Morgan fingerprint density at radius 1 is 1.07 bits per heavy atom. The van der Waals surface area contributed by atoms with Crippen LogP contribution in [0.1, 0.15) is 57.5 Å². The second-order valence-corrected chi connectivity index (χ2v) is 3.79. The minimum absolute atomic E-state index is 0.901. The summed E-state index contributed by atoms with van der Waals surface area (Å²) in [7, 11) is 0. The van der Waals surface area contributed by atoms with Gasteiger partial charge in [0.25, 0.3) is 0 Å². The molecule has 2 nitrogen and oxygen atoms in total. The van der Waals surface area contributed by atoms with Crippen LogP contribution in [0.2, 0.25) is 0 Å². The largest absolute Gasteiger partial charge is 0.449 e. The zero-order valence-corrected chi connectivity index (χ0v) is 9.38. The molecule has 0 aliphatic carbocycles. The van der Waals surface area contributed by atoms with Crippen LogP contribution in [0.4, 0.5) is 0 Å². The molecule has 0 aromatic carbocycles. The number of aryl methyl sites for hydroxylation is 2.